The highest BCUT2D eigenvalue weighted by atomic mass is 32.2. The van der Waals surface area contributed by atoms with Crippen molar-refractivity contribution in [3.05, 3.63) is 58.7 Å². The Bertz CT molecular complexity index is 1140. The van der Waals surface area contributed by atoms with E-state index in [0.29, 0.717) is 10.9 Å². The van der Waals surface area contributed by atoms with Gasteiger partial charge in [0.1, 0.15) is 10.9 Å². The van der Waals surface area contributed by atoms with Crippen LogP contribution in [0.2, 0.25) is 0 Å². The Labute approximate surface area is 172 Å². The quantitative estimate of drug-likeness (QED) is 0.758. The molecular formula is C21H20FN5OS. The van der Waals surface area contributed by atoms with Crippen molar-refractivity contribution in [2.75, 3.05) is 0 Å². The van der Waals surface area contributed by atoms with E-state index in [9.17, 15) is 9.18 Å². The van der Waals surface area contributed by atoms with Crippen LogP contribution in [-0.4, -0.2) is 31.5 Å². The molecule has 0 bridgehead atoms. The summed E-state index contributed by atoms with van der Waals surface area (Å²) in [6.07, 6.45) is 1.64. The first-order chi connectivity index (χ1) is 13.8. The molecule has 0 radical (unpaired) electrons. The second-order valence-electron chi connectivity index (χ2n) is 7.23. The van der Waals surface area contributed by atoms with Crippen LogP contribution >= 0.6 is 11.8 Å². The summed E-state index contributed by atoms with van der Waals surface area (Å²) in [6, 6.07) is 8.42. The fourth-order valence-electron chi connectivity index (χ4n) is 3.33. The third-order valence-electron chi connectivity index (χ3n) is 4.83. The normalized spacial score (nSPS) is 17.9. The molecule has 6 nitrogen and oxygen atoms in total. The van der Waals surface area contributed by atoms with E-state index in [4.69, 9.17) is 5.41 Å². The first-order valence-corrected chi connectivity index (χ1v) is 10.0. The molecule has 0 saturated carbocycles. The average molecular weight is 409 g/mol. The summed E-state index contributed by atoms with van der Waals surface area (Å²) in [5.41, 5.74) is 2.95. The number of benzene rings is 1. The summed E-state index contributed by atoms with van der Waals surface area (Å²) in [4.78, 5) is 16.7. The minimum absolute atomic E-state index is 0.00107. The number of halogens is 1. The number of carbonyl (C=O) groups excluding carboxylic acids is 1. The van der Waals surface area contributed by atoms with Crippen LogP contribution in [0.1, 0.15) is 30.8 Å². The van der Waals surface area contributed by atoms with Crippen molar-refractivity contribution >= 4 is 39.8 Å². The Kier molecular flexibility index (Phi) is 4.74. The first kappa shape index (κ1) is 19.3. The summed E-state index contributed by atoms with van der Waals surface area (Å²) in [5, 5.41) is 15.6. The van der Waals surface area contributed by atoms with Gasteiger partial charge in [0.2, 0.25) is 5.17 Å². The van der Waals surface area contributed by atoms with Crippen molar-refractivity contribution in [2.24, 2.45) is 16.0 Å². The van der Waals surface area contributed by atoms with Crippen LogP contribution in [0.3, 0.4) is 0 Å². The number of amidine groups is 2. The van der Waals surface area contributed by atoms with Crippen molar-refractivity contribution in [3.63, 3.8) is 0 Å². The van der Waals surface area contributed by atoms with Gasteiger partial charge in [-0.3, -0.25) is 10.2 Å². The lowest BCUT2D eigenvalue weighted by molar-refractivity contribution is -0.114. The number of aryl methyl sites for hydroxylation is 1. The predicted molar refractivity (Wildman–Crippen MR) is 115 cm³/mol. The number of nitrogens with zero attached hydrogens (tertiary/aromatic N) is 4. The number of amides is 1. The number of rotatable bonds is 3. The number of para-hydroxylation sites is 1. The fourth-order valence-corrected chi connectivity index (χ4v) is 4.23. The summed E-state index contributed by atoms with van der Waals surface area (Å²) in [7, 11) is 0. The van der Waals surface area contributed by atoms with Crippen LogP contribution in [-0.2, 0) is 4.79 Å². The van der Waals surface area contributed by atoms with Gasteiger partial charge in [-0.15, -0.1) is 0 Å². The van der Waals surface area contributed by atoms with Crippen molar-refractivity contribution < 1.29 is 9.18 Å². The van der Waals surface area contributed by atoms with Gasteiger partial charge in [-0.25, -0.2) is 4.39 Å². The molecule has 8 heteroatoms. The molecule has 1 aromatic heterocycles. The van der Waals surface area contributed by atoms with Crippen LogP contribution in [0.5, 0.6) is 0 Å². The average Bonchev–Trinajstić information content (AvgIpc) is 3.21. The third-order valence-corrected chi connectivity index (χ3v) is 6.04. The Balaban J connectivity index is 1.76. The fraction of sp³-hybridized carbons (Fsp3) is 0.238. The van der Waals surface area contributed by atoms with Crippen molar-refractivity contribution in [1.82, 2.24) is 9.58 Å². The largest absolute Gasteiger partial charge is 0.315 e. The monoisotopic (exact) mass is 409 g/mol. The van der Waals surface area contributed by atoms with Crippen LogP contribution < -0.4 is 0 Å². The molecule has 2 aliphatic rings. The molecule has 0 fully saturated rings. The van der Waals surface area contributed by atoms with E-state index in [1.54, 1.807) is 28.8 Å². The van der Waals surface area contributed by atoms with Crippen molar-refractivity contribution in [1.29, 1.82) is 5.41 Å². The molecule has 3 heterocycles. The highest BCUT2D eigenvalue weighted by Crippen LogP contribution is 2.31. The number of hydrogen-bond donors (Lipinski definition) is 1. The first-order valence-electron chi connectivity index (χ1n) is 9.22. The van der Waals surface area contributed by atoms with Crippen LogP contribution in [0.25, 0.3) is 11.8 Å². The molecule has 148 valence electrons. The summed E-state index contributed by atoms with van der Waals surface area (Å²) >= 11 is 1.32. The van der Waals surface area contributed by atoms with E-state index < -0.39 is 5.91 Å². The number of hydrogen-bond acceptors (Lipinski definition) is 4. The van der Waals surface area contributed by atoms with Crippen molar-refractivity contribution in [2.45, 2.75) is 27.7 Å². The molecular weight excluding hydrogens is 389 g/mol. The molecule has 0 spiro atoms. The maximum absolute atomic E-state index is 14.3. The lowest BCUT2D eigenvalue weighted by atomic mass is 10.1. The van der Waals surface area contributed by atoms with Gasteiger partial charge < -0.3 is 4.57 Å². The zero-order valence-corrected chi connectivity index (χ0v) is 17.3. The Morgan fingerprint density at radius 1 is 1.24 bits per heavy atom. The maximum Gasteiger partial charge on any atom is 0.283 e. The van der Waals surface area contributed by atoms with Gasteiger partial charge >= 0.3 is 0 Å². The SMILES string of the molecule is Cc1cc(/C=C2\C(=N)N3N=C(C(C)C)SC3=NC2=O)c(C)n1-c1ccccc1F. The van der Waals surface area contributed by atoms with E-state index in [-0.39, 0.29) is 23.1 Å². The Hall–Kier alpha value is -3.00. The number of thioether (sulfide) groups is 1. The predicted octanol–water partition coefficient (Wildman–Crippen LogP) is 4.51. The highest BCUT2D eigenvalue weighted by Gasteiger charge is 2.36. The van der Waals surface area contributed by atoms with Gasteiger partial charge in [0.25, 0.3) is 5.91 Å². The van der Waals surface area contributed by atoms with E-state index in [1.165, 1.54) is 22.8 Å². The molecule has 0 unspecified atom stereocenters. The van der Waals surface area contributed by atoms with E-state index in [0.717, 1.165) is 22.0 Å². The zero-order chi connectivity index (χ0) is 20.9. The molecule has 29 heavy (non-hydrogen) atoms. The Morgan fingerprint density at radius 2 is 1.97 bits per heavy atom. The van der Waals surface area contributed by atoms with Gasteiger partial charge in [-0.1, -0.05) is 26.0 Å². The minimum atomic E-state index is -0.468. The van der Waals surface area contributed by atoms with Crippen LogP contribution in [0, 0.1) is 31.0 Å². The second-order valence-corrected chi connectivity index (χ2v) is 8.21. The molecule has 4 rings (SSSR count). The lowest BCUT2D eigenvalue weighted by Crippen LogP contribution is -2.35. The molecule has 0 atom stereocenters. The number of hydrazone groups is 1. The molecule has 2 aromatic rings. The van der Waals surface area contributed by atoms with Gasteiger partial charge in [-0.2, -0.15) is 15.1 Å². The summed E-state index contributed by atoms with van der Waals surface area (Å²) in [5.74, 6) is -0.610. The molecule has 1 N–H and O–H groups in total. The molecule has 0 saturated heterocycles. The number of aromatic nitrogens is 1. The number of aliphatic imine (C=N–C) groups is 1. The van der Waals surface area contributed by atoms with E-state index in [2.05, 4.69) is 10.1 Å². The van der Waals surface area contributed by atoms with Crippen LogP contribution in [0.15, 0.2) is 46.0 Å². The number of nitrogens with one attached hydrogen (secondary N) is 1. The van der Waals surface area contributed by atoms with Crippen LogP contribution in [0.4, 0.5) is 4.39 Å². The van der Waals surface area contributed by atoms with Crippen molar-refractivity contribution in [3.8, 4) is 5.69 Å². The highest BCUT2D eigenvalue weighted by molar-refractivity contribution is 8.27. The van der Waals surface area contributed by atoms with Gasteiger partial charge in [0.15, 0.2) is 5.84 Å². The second kappa shape index (κ2) is 7.11. The number of carbonyl (C=O) groups is 1. The minimum Gasteiger partial charge on any atom is -0.315 e. The van der Waals surface area contributed by atoms with Gasteiger partial charge in [0.05, 0.1) is 11.3 Å². The maximum atomic E-state index is 14.3. The zero-order valence-electron chi connectivity index (χ0n) is 16.5. The summed E-state index contributed by atoms with van der Waals surface area (Å²) in [6.45, 7) is 7.75. The Morgan fingerprint density at radius 3 is 2.66 bits per heavy atom. The summed E-state index contributed by atoms with van der Waals surface area (Å²) < 4.78 is 16.1. The standard InChI is InChI=1S/C21H20FN5OS/c1-11(2)20-25-27-18(23)15(19(28)24-21(27)29-20)10-14-9-12(3)26(13(14)4)17-8-6-5-7-16(17)22/h5-11,23H,1-4H3/b15-10+,23-18?. The van der Waals surface area contributed by atoms with E-state index in [1.807, 2.05) is 33.8 Å². The number of fused-ring (bicyclic) bond motifs is 1. The topological polar surface area (TPSA) is 73.8 Å². The smallest absolute Gasteiger partial charge is 0.283 e. The lowest BCUT2D eigenvalue weighted by Gasteiger charge is -2.20. The van der Waals surface area contributed by atoms with Gasteiger partial charge in [0, 0.05) is 17.3 Å². The van der Waals surface area contributed by atoms with E-state index >= 15 is 0 Å². The molecule has 2 aliphatic heterocycles. The van der Waals surface area contributed by atoms with Gasteiger partial charge in [-0.05, 0) is 55.4 Å². The molecule has 1 aromatic carbocycles. The third kappa shape index (κ3) is 3.23. The molecule has 1 amide bonds. The molecule has 0 aliphatic carbocycles.